The summed E-state index contributed by atoms with van der Waals surface area (Å²) in [6.45, 7) is 4.45. The normalized spacial score (nSPS) is 15.7. The maximum absolute atomic E-state index is 5.77. The molecule has 1 aliphatic heterocycles. The summed E-state index contributed by atoms with van der Waals surface area (Å²) in [5, 5.41) is 0. The van der Waals surface area contributed by atoms with Crippen molar-refractivity contribution in [2.45, 2.75) is 25.7 Å². The van der Waals surface area contributed by atoms with Gasteiger partial charge in [0.15, 0.2) is 0 Å². The third-order valence-electron chi connectivity index (χ3n) is 4.70. The van der Waals surface area contributed by atoms with E-state index in [2.05, 4.69) is 35.2 Å². The predicted molar refractivity (Wildman–Crippen MR) is 103 cm³/mol. The zero-order chi connectivity index (χ0) is 15.7. The molecule has 3 heteroatoms. The SMILES string of the molecule is Cl.c1ccc(CC2CCN(CCCOc3ccccc3)CC2)cc1. The van der Waals surface area contributed by atoms with Gasteiger partial charge < -0.3 is 9.64 Å². The summed E-state index contributed by atoms with van der Waals surface area (Å²) in [6, 6.07) is 21.0. The molecule has 2 aromatic rings. The van der Waals surface area contributed by atoms with Crippen LogP contribution >= 0.6 is 12.4 Å². The maximum Gasteiger partial charge on any atom is 0.119 e. The third kappa shape index (κ3) is 6.18. The van der Waals surface area contributed by atoms with E-state index in [4.69, 9.17) is 4.74 Å². The van der Waals surface area contributed by atoms with Crippen molar-refractivity contribution < 1.29 is 4.74 Å². The van der Waals surface area contributed by atoms with Crippen molar-refractivity contribution >= 4 is 12.4 Å². The summed E-state index contributed by atoms with van der Waals surface area (Å²) in [6.07, 6.45) is 5.01. The first-order valence-corrected chi connectivity index (χ1v) is 8.84. The lowest BCUT2D eigenvalue weighted by atomic mass is 9.90. The van der Waals surface area contributed by atoms with Gasteiger partial charge in [-0.3, -0.25) is 0 Å². The van der Waals surface area contributed by atoms with Gasteiger partial charge in [0.1, 0.15) is 5.75 Å². The zero-order valence-corrected chi connectivity index (χ0v) is 15.1. The number of likely N-dealkylation sites (tertiary alicyclic amines) is 1. The molecule has 0 saturated carbocycles. The van der Waals surface area contributed by atoms with Crippen LogP contribution < -0.4 is 4.74 Å². The Labute approximate surface area is 152 Å². The van der Waals surface area contributed by atoms with Crippen molar-refractivity contribution in [2.24, 2.45) is 5.92 Å². The molecule has 0 unspecified atom stereocenters. The monoisotopic (exact) mass is 345 g/mol. The molecule has 1 aliphatic rings. The van der Waals surface area contributed by atoms with Crippen molar-refractivity contribution in [3.05, 3.63) is 66.2 Å². The molecular formula is C21H28ClNO. The van der Waals surface area contributed by atoms with E-state index in [1.165, 1.54) is 37.9 Å². The Kier molecular flexibility index (Phi) is 8.14. The van der Waals surface area contributed by atoms with E-state index < -0.39 is 0 Å². The second kappa shape index (κ2) is 10.4. The molecule has 130 valence electrons. The zero-order valence-electron chi connectivity index (χ0n) is 14.3. The lowest BCUT2D eigenvalue weighted by Gasteiger charge is -2.32. The van der Waals surface area contributed by atoms with Crippen LogP contribution in [0.15, 0.2) is 60.7 Å². The van der Waals surface area contributed by atoms with Gasteiger partial charge in [-0.1, -0.05) is 48.5 Å². The molecule has 24 heavy (non-hydrogen) atoms. The Bertz CT molecular complexity index is 550. The topological polar surface area (TPSA) is 12.5 Å². The van der Waals surface area contributed by atoms with E-state index >= 15 is 0 Å². The van der Waals surface area contributed by atoms with Crippen LogP contribution in [-0.4, -0.2) is 31.1 Å². The van der Waals surface area contributed by atoms with E-state index in [1.54, 1.807) is 0 Å². The number of piperidine rings is 1. The minimum absolute atomic E-state index is 0. The van der Waals surface area contributed by atoms with Crippen LogP contribution in [0.5, 0.6) is 5.75 Å². The molecule has 0 spiro atoms. The van der Waals surface area contributed by atoms with Crippen LogP contribution in [0, 0.1) is 5.92 Å². The minimum Gasteiger partial charge on any atom is -0.494 e. The Morgan fingerprint density at radius 3 is 2.17 bits per heavy atom. The second-order valence-electron chi connectivity index (χ2n) is 6.49. The molecule has 0 aliphatic carbocycles. The average molecular weight is 346 g/mol. The Hall–Kier alpha value is -1.51. The highest BCUT2D eigenvalue weighted by Crippen LogP contribution is 2.21. The van der Waals surface area contributed by atoms with Gasteiger partial charge in [-0.05, 0) is 62.4 Å². The van der Waals surface area contributed by atoms with Crippen molar-refractivity contribution in [3.63, 3.8) is 0 Å². The van der Waals surface area contributed by atoms with Crippen LogP contribution in [0.1, 0.15) is 24.8 Å². The number of para-hydroxylation sites is 1. The van der Waals surface area contributed by atoms with Crippen LogP contribution in [0.3, 0.4) is 0 Å². The van der Waals surface area contributed by atoms with Crippen LogP contribution in [0.2, 0.25) is 0 Å². The van der Waals surface area contributed by atoms with Crippen LogP contribution in [0.25, 0.3) is 0 Å². The number of hydrogen-bond acceptors (Lipinski definition) is 2. The number of ether oxygens (including phenoxy) is 1. The number of rotatable bonds is 7. The van der Waals surface area contributed by atoms with Crippen molar-refractivity contribution in [1.82, 2.24) is 4.90 Å². The molecule has 0 N–H and O–H groups in total. The molecule has 2 nitrogen and oxygen atoms in total. The molecular weight excluding hydrogens is 318 g/mol. The molecule has 0 amide bonds. The first-order chi connectivity index (χ1) is 11.4. The molecule has 1 heterocycles. The van der Waals surface area contributed by atoms with Crippen LogP contribution in [0.4, 0.5) is 0 Å². The smallest absolute Gasteiger partial charge is 0.119 e. The summed E-state index contributed by atoms with van der Waals surface area (Å²) in [5.74, 6) is 1.84. The molecule has 0 bridgehead atoms. The lowest BCUT2D eigenvalue weighted by Crippen LogP contribution is -2.35. The summed E-state index contributed by atoms with van der Waals surface area (Å²) in [7, 11) is 0. The molecule has 1 fully saturated rings. The van der Waals surface area contributed by atoms with Gasteiger partial charge in [0.05, 0.1) is 6.61 Å². The first kappa shape index (κ1) is 18.8. The molecule has 0 atom stereocenters. The van der Waals surface area contributed by atoms with Gasteiger partial charge in [0.2, 0.25) is 0 Å². The standard InChI is InChI=1S/C21H27NO.ClH/c1-3-8-19(9-4-1)18-20-12-15-22(16-13-20)14-7-17-23-21-10-5-2-6-11-21;/h1-6,8-11,20H,7,12-18H2;1H. The highest BCUT2D eigenvalue weighted by atomic mass is 35.5. The van der Waals surface area contributed by atoms with E-state index in [0.717, 1.165) is 31.2 Å². The maximum atomic E-state index is 5.77. The second-order valence-corrected chi connectivity index (χ2v) is 6.49. The van der Waals surface area contributed by atoms with Gasteiger partial charge >= 0.3 is 0 Å². The summed E-state index contributed by atoms with van der Waals surface area (Å²) >= 11 is 0. The van der Waals surface area contributed by atoms with E-state index in [-0.39, 0.29) is 12.4 Å². The van der Waals surface area contributed by atoms with Gasteiger partial charge in [0, 0.05) is 6.54 Å². The van der Waals surface area contributed by atoms with Gasteiger partial charge in [0.25, 0.3) is 0 Å². The Morgan fingerprint density at radius 2 is 1.50 bits per heavy atom. The number of hydrogen-bond donors (Lipinski definition) is 0. The fraction of sp³-hybridized carbons (Fsp3) is 0.429. The summed E-state index contributed by atoms with van der Waals surface area (Å²) in [4.78, 5) is 2.59. The first-order valence-electron chi connectivity index (χ1n) is 8.84. The molecule has 1 saturated heterocycles. The fourth-order valence-corrected chi connectivity index (χ4v) is 3.36. The van der Waals surface area contributed by atoms with Crippen LogP contribution in [-0.2, 0) is 6.42 Å². The van der Waals surface area contributed by atoms with Gasteiger partial charge in [-0.25, -0.2) is 0 Å². The average Bonchev–Trinajstić information content (AvgIpc) is 2.62. The van der Waals surface area contributed by atoms with Crippen molar-refractivity contribution in [3.8, 4) is 5.75 Å². The van der Waals surface area contributed by atoms with E-state index in [9.17, 15) is 0 Å². The largest absolute Gasteiger partial charge is 0.494 e. The van der Waals surface area contributed by atoms with E-state index in [0.29, 0.717) is 0 Å². The fourth-order valence-electron chi connectivity index (χ4n) is 3.36. The van der Waals surface area contributed by atoms with Gasteiger partial charge in [-0.2, -0.15) is 0 Å². The molecule has 3 rings (SSSR count). The third-order valence-corrected chi connectivity index (χ3v) is 4.70. The number of halogens is 1. The molecule has 0 aromatic heterocycles. The Balaban J connectivity index is 0.00000208. The summed E-state index contributed by atoms with van der Waals surface area (Å²) < 4.78 is 5.77. The Morgan fingerprint density at radius 1 is 0.875 bits per heavy atom. The summed E-state index contributed by atoms with van der Waals surface area (Å²) in [5.41, 5.74) is 1.49. The minimum atomic E-state index is 0. The van der Waals surface area contributed by atoms with Crippen molar-refractivity contribution in [1.29, 1.82) is 0 Å². The van der Waals surface area contributed by atoms with Gasteiger partial charge in [-0.15, -0.1) is 12.4 Å². The predicted octanol–water partition coefficient (Wildman–Crippen LogP) is 4.83. The lowest BCUT2D eigenvalue weighted by molar-refractivity contribution is 0.170. The number of benzene rings is 2. The van der Waals surface area contributed by atoms with Crippen molar-refractivity contribution in [2.75, 3.05) is 26.2 Å². The number of nitrogens with zero attached hydrogens (tertiary/aromatic N) is 1. The molecule has 2 aromatic carbocycles. The van der Waals surface area contributed by atoms with E-state index in [1.807, 2.05) is 30.3 Å². The highest BCUT2D eigenvalue weighted by molar-refractivity contribution is 5.85. The molecule has 0 radical (unpaired) electrons. The quantitative estimate of drug-likeness (QED) is 0.666. The highest BCUT2D eigenvalue weighted by Gasteiger charge is 2.18.